The van der Waals surface area contributed by atoms with E-state index in [1.165, 1.54) is 0 Å². The van der Waals surface area contributed by atoms with Crippen LogP contribution in [0.2, 0.25) is 0 Å². The highest BCUT2D eigenvalue weighted by atomic mass is 15.0. The molecule has 0 radical (unpaired) electrons. The Morgan fingerprint density at radius 3 is 1.61 bits per heavy atom. The van der Waals surface area contributed by atoms with Crippen molar-refractivity contribution in [1.82, 2.24) is 24.9 Å². The molecule has 7 heteroatoms. The SMILES string of the molecule is C[C@H](N)c1ncc(-c2ccc(-c3ccc(-c4cnc([C@@H](C)N)[nH]4)cc3)nc2)[nH]1. The lowest BCUT2D eigenvalue weighted by molar-refractivity contribution is 0.756. The van der Waals surface area contributed by atoms with Crippen molar-refractivity contribution in [2.24, 2.45) is 11.5 Å². The Morgan fingerprint density at radius 1 is 0.643 bits per heavy atom. The molecular formula is C21H23N7. The average molecular weight is 373 g/mol. The van der Waals surface area contributed by atoms with Gasteiger partial charge in [0.15, 0.2) is 0 Å². The van der Waals surface area contributed by atoms with E-state index in [9.17, 15) is 0 Å². The topological polar surface area (TPSA) is 122 Å². The zero-order valence-electron chi connectivity index (χ0n) is 15.8. The number of rotatable bonds is 5. The van der Waals surface area contributed by atoms with Crippen molar-refractivity contribution in [2.45, 2.75) is 25.9 Å². The van der Waals surface area contributed by atoms with E-state index in [1.807, 2.05) is 62.6 Å². The number of nitrogens with one attached hydrogen (secondary N) is 2. The fourth-order valence-corrected chi connectivity index (χ4v) is 2.97. The van der Waals surface area contributed by atoms with Crippen LogP contribution in [0.1, 0.15) is 37.6 Å². The lowest BCUT2D eigenvalue weighted by Crippen LogP contribution is -2.06. The Morgan fingerprint density at radius 2 is 1.14 bits per heavy atom. The molecule has 0 aliphatic rings. The minimum atomic E-state index is -0.126. The van der Waals surface area contributed by atoms with Gasteiger partial charge in [0.05, 0.1) is 41.6 Å². The second-order valence-corrected chi connectivity index (χ2v) is 6.95. The average Bonchev–Trinajstić information content (AvgIpc) is 3.38. The number of nitrogens with zero attached hydrogens (tertiary/aromatic N) is 3. The molecular weight excluding hydrogens is 350 g/mol. The summed E-state index contributed by atoms with van der Waals surface area (Å²) in [7, 11) is 0. The third-order valence-electron chi connectivity index (χ3n) is 4.62. The maximum Gasteiger partial charge on any atom is 0.123 e. The van der Waals surface area contributed by atoms with Crippen LogP contribution in [0.15, 0.2) is 55.0 Å². The molecule has 0 aliphatic heterocycles. The molecule has 4 rings (SSSR count). The molecule has 0 bridgehead atoms. The lowest BCUT2D eigenvalue weighted by atomic mass is 10.1. The third-order valence-corrected chi connectivity index (χ3v) is 4.62. The molecule has 0 unspecified atom stereocenters. The molecule has 6 N–H and O–H groups in total. The summed E-state index contributed by atoms with van der Waals surface area (Å²) >= 11 is 0. The standard InChI is InChI=1S/C21H23N7/c1-12(22)20-25-10-18(27-20)15-5-3-14(4-6-15)17-8-7-16(9-24-17)19-11-26-21(28-19)13(2)23/h3-13H,22-23H2,1-2H3,(H,25,27)(H,26,28)/t12-,13+/m1/s1. The smallest absolute Gasteiger partial charge is 0.123 e. The number of benzene rings is 1. The van der Waals surface area contributed by atoms with E-state index in [0.29, 0.717) is 0 Å². The summed E-state index contributed by atoms with van der Waals surface area (Å²) in [5.41, 5.74) is 17.6. The second-order valence-electron chi connectivity index (χ2n) is 6.95. The van der Waals surface area contributed by atoms with Crippen molar-refractivity contribution in [1.29, 1.82) is 0 Å². The fourth-order valence-electron chi connectivity index (χ4n) is 2.97. The van der Waals surface area contributed by atoms with Gasteiger partial charge in [0.1, 0.15) is 11.6 Å². The molecule has 7 nitrogen and oxygen atoms in total. The van der Waals surface area contributed by atoms with E-state index >= 15 is 0 Å². The zero-order chi connectivity index (χ0) is 19.7. The van der Waals surface area contributed by atoms with Crippen LogP contribution in [-0.2, 0) is 0 Å². The number of aromatic amines is 2. The molecule has 0 amide bonds. The monoisotopic (exact) mass is 373 g/mol. The van der Waals surface area contributed by atoms with Crippen LogP contribution in [0.3, 0.4) is 0 Å². The molecule has 0 spiro atoms. The molecule has 0 aliphatic carbocycles. The number of hydrogen-bond donors (Lipinski definition) is 4. The number of pyridine rings is 1. The van der Waals surface area contributed by atoms with Crippen LogP contribution in [0, 0.1) is 0 Å². The van der Waals surface area contributed by atoms with Gasteiger partial charge in [-0.3, -0.25) is 4.98 Å². The van der Waals surface area contributed by atoms with Gasteiger partial charge < -0.3 is 21.4 Å². The van der Waals surface area contributed by atoms with Gasteiger partial charge in [0.2, 0.25) is 0 Å². The van der Waals surface area contributed by atoms with Crippen LogP contribution in [0.5, 0.6) is 0 Å². The van der Waals surface area contributed by atoms with Gasteiger partial charge in [-0.15, -0.1) is 0 Å². The highest BCUT2D eigenvalue weighted by Crippen LogP contribution is 2.25. The van der Waals surface area contributed by atoms with Crippen molar-refractivity contribution < 1.29 is 0 Å². The Balaban J connectivity index is 1.54. The number of nitrogens with two attached hydrogens (primary N) is 2. The lowest BCUT2D eigenvalue weighted by Gasteiger charge is -2.05. The first-order valence-electron chi connectivity index (χ1n) is 9.19. The second kappa shape index (κ2) is 7.38. The molecule has 3 aromatic heterocycles. The maximum absolute atomic E-state index is 5.86. The summed E-state index contributed by atoms with van der Waals surface area (Å²) in [5, 5.41) is 0. The molecule has 1 aromatic carbocycles. The number of imidazole rings is 2. The first kappa shape index (κ1) is 18.1. The van der Waals surface area contributed by atoms with Gasteiger partial charge in [-0.1, -0.05) is 24.3 Å². The van der Waals surface area contributed by atoms with Crippen molar-refractivity contribution in [3.05, 3.63) is 66.6 Å². The van der Waals surface area contributed by atoms with Crippen LogP contribution < -0.4 is 11.5 Å². The van der Waals surface area contributed by atoms with Crippen LogP contribution >= 0.6 is 0 Å². The number of H-pyrrole nitrogens is 2. The summed E-state index contributed by atoms with van der Waals surface area (Å²) < 4.78 is 0. The van der Waals surface area contributed by atoms with Gasteiger partial charge in [-0.25, -0.2) is 9.97 Å². The molecule has 0 fully saturated rings. The summed E-state index contributed by atoms with van der Waals surface area (Å²) in [5.74, 6) is 1.54. The Bertz CT molecular complexity index is 969. The van der Waals surface area contributed by atoms with E-state index < -0.39 is 0 Å². The van der Waals surface area contributed by atoms with E-state index in [0.717, 1.165) is 45.4 Å². The van der Waals surface area contributed by atoms with Gasteiger partial charge >= 0.3 is 0 Å². The maximum atomic E-state index is 5.86. The molecule has 142 valence electrons. The van der Waals surface area contributed by atoms with Crippen molar-refractivity contribution in [3.8, 4) is 33.8 Å². The van der Waals surface area contributed by atoms with Crippen LogP contribution in [-0.4, -0.2) is 24.9 Å². The minimum Gasteiger partial charge on any atom is -0.341 e. The molecule has 28 heavy (non-hydrogen) atoms. The van der Waals surface area contributed by atoms with E-state index in [1.54, 1.807) is 6.20 Å². The van der Waals surface area contributed by atoms with Gasteiger partial charge in [0, 0.05) is 17.3 Å². The van der Waals surface area contributed by atoms with E-state index in [2.05, 4.69) is 24.9 Å². The predicted octanol–water partition coefficient (Wildman–Crippen LogP) is 3.57. The highest BCUT2D eigenvalue weighted by molar-refractivity contribution is 5.68. The third kappa shape index (κ3) is 3.58. The van der Waals surface area contributed by atoms with Crippen molar-refractivity contribution >= 4 is 0 Å². The van der Waals surface area contributed by atoms with E-state index in [-0.39, 0.29) is 12.1 Å². The highest BCUT2D eigenvalue weighted by Gasteiger charge is 2.09. The zero-order valence-corrected chi connectivity index (χ0v) is 15.8. The Hall–Kier alpha value is -3.29. The van der Waals surface area contributed by atoms with E-state index in [4.69, 9.17) is 11.5 Å². The molecule has 4 aromatic rings. The summed E-state index contributed by atoms with van der Waals surface area (Å²) in [6.07, 6.45) is 5.43. The normalized spacial score (nSPS) is 13.4. The molecule has 0 saturated heterocycles. The van der Waals surface area contributed by atoms with Crippen LogP contribution in [0.25, 0.3) is 33.8 Å². The predicted molar refractivity (Wildman–Crippen MR) is 110 cm³/mol. The van der Waals surface area contributed by atoms with Gasteiger partial charge in [0.25, 0.3) is 0 Å². The van der Waals surface area contributed by atoms with Gasteiger partial charge in [-0.2, -0.15) is 0 Å². The van der Waals surface area contributed by atoms with Gasteiger partial charge in [-0.05, 0) is 31.5 Å². The molecule has 0 saturated carbocycles. The Labute approximate surface area is 163 Å². The Kier molecular flexibility index (Phi) is 4.77. The summed E-state index contributed by atoms with van der Waals surface area (Å²) in [4.78, 5) is 19.7. The molecule has 2 atom stereocenters. The largest absolute Gasteiger partial charge is 0.341 e. The quantitative estimate of drug-likeness (QED) is 0.426. The first-order chi connectivity index (χ1) is 13.5. The van der Waals surface area contributed by atoms with Crippen molar-refractivity contribution in [2.75, 3.05) is 0 Å². The van der Waals surface area contributed by atoms with Crippen LogP contribution in [0.4, 0.5) is 0 Å². The summed E-state index contributed by atoms with van der Waals surface area (Å²) in [6.45, 7) is 3.80. The fraction of sp³-hybridized carbons (Fsp3) is 0.190. The number of aromatic nitrogens is 5. The van der Waals surface area contributed by atoms with Crippen molar-refractivity contribution in [3.63, 3.8) is 0 Å². The first-order valence-corrected chi connectivity index (χ1v) is 9.19. The molecule has 3 heterocycles. The summed E-state index contributed by atoms with van der Waals surface area (Å²) in [6, 6.07) is 12.0. The minimum absolute atomic E-state index is 0.116. The number of hydrogen-bond acceptors (Lipinski definition) is 5.